The molecule has 0 amide bonds. The Morgan fingerprint density at radius 2 is 1.86 bits per heavy atom. The topological polar surface area (TPSA) is 15.3 Å². The number of fused-ring (bicyclic) bond motifs is 2. The maximum absolute atomic E-state index is 13.4. The summed E-state index contributed by atoms with van der Waals surface area (Å²) < 4.78 is 13.4. The van der Waals surface area contributed by atoms with Crippen LogP contribution >= 0.6 is 0 Å². The van der Waals surface area contributed by atoms with Crippen molar-refractivity contribution in [2.75, 3.05) is 18.4 Å². The van der Waals surface area contributed by atoms with E-state index in [0.29, 0.717) is 12.1 Å². The van der Waals surface area contributed by atoms with E-state index in [2.05, 4.69) is 24.1 Å². The first-order chi connectivity index (χ1) is 10.0. The van der Waals surface area contributed by atoms with Gasteiger partial charge in [-0.05, 0) is 69.2 Å². The molecule has 1 saturated heterocycles. The Morgan fingerprint density at radius 3 is 2.43 bits per heavy atom. The third kappa shape index (κ3) is 3.08. The summed E-state index contributed by atoms with van der Waals surface area (Å²) in [7, 11) is 0. The van der Waals surface area contributed by atoms with E-state index >= 15 is 0 Å². The molecule has 1 N–H and O–H groups in total. The second-order valence-electron chi connectivity index (χ2n) is 7.13. The van der Waals surface area contributed by atoms with Crippen molar-refractivity contribution in [3.05, 3.63) is 29.6 Å². The molecule has 1 aliphatic carbocycles. The predicted molar refractivity (Wildman–Crippen MR) is 86.1 cm³/mol. The van der Waals surface area contributed by atoms with Crippen LogP contribution in [0, 0.1) is 24.6 Å². The first-order valence-electron chi connectivity index (χ1n) is 8.31. The lowest BCUT2D eigenvalue weighted by Crippen LogP contribution is -2.56. The van der Waals surface area contributed by atoms with Gasteiger partial charge in [0.05, 0.1) is 0 Å². The number of halogens is 1. The average molecular weight is 290 g/mol. The van der Waals surface area contributed by atoms with Gasteiger partial charge in [0.25, 0.3) is 0 Å². The van der Waals surface area contributed by atoms with Crippen LogP contribution in [0.5, 0.6) is 0 Å². The molecule has 2 nitrogen and oxygen atoms in total. The third-order valence-electron chi connectivity index (χ3n) is 5.33. The van der Waals surface area contributed by atoms with Gasteiger partial charge in [-0.3, -0.25) is 0 Å². The second-order valence-corrected chi connectivity index (χ2v) is 7.13. The minimum absolute atomic E-state index is 0.115. The minimum atomic E-state index is -0.115. The monoisotopic (exact) mass is 290 g/mol. The third-order valence-corrected chi connectivity index (χ3v) is 5.33. The summed E-state index contributed by atoms with van der Waals surface area (Å²) in [5, 5.41) is 3.72. The number of rotatable bonds is 3. The molecule has 1 aliphatic heterocycles. The van der Waals surface area contributed by atoms with E-state index in [-0.39, 0.29) is 5.82 Å². The zero-order chi connectivity index (χ0) is 15.0. The summed E-state index contributed by atoms with van der Waals surface area (Å²) in [4.78, 5) is 2.63. The lowest BCUT2D eigenvalue weighted by atomic mass is 9.73. The van der Waals surface area contributed by atoms with Crippen molar-refractivity contribution >= 4 is 5.69 Å². The molecule has 2 bridgehead atoms. The molecule has 1 aromatic rings. The van der Waals surface area contributed by atoms with Crippen molar-refractivity contribution in [3.63, 3.8) is 0 Å². The smallest absolute Gasteiger partial charge is 0.126 e. The van der Waals surface area contributed by atoms with E-state index in [1.807, 2.05) is 19.1 Å². The van der Waals surface area contributed by atoms with E-state index in [1.165, 1.54) is 32.4 Å². The van der Waals surface area contributed by atoms with Crippen LogP contribution < -0.4 is 5.32 Å². The molecule has 0 radical (unpaired) electrons. The first-order valence-corrected chi connectivity index (χ1v) is 8.31. The SMILES string of the molecule is Cc1cc(NC2C3CCCC2CN(C(C)C)C3)ccc1F. The highest BCUT2D eigenvalue weighted by Gasteiger charge is 2.39. The van der Waals surface area contributed by atoms with Crippen LogP contribution in [0.2, 0.25) is 0 Å². The van der Waals surface area contributed by atoms with Crippen molar-refractivity contribution in [1.29, 1.82) is 0 Å². The van der Waals surface area contributed by atoms with Gasteiger partial charge in [0, 0.05) is 30.9 Å². The van der Waals surface area contributed by atoms with E-state index < -0.39 is 0 Å². The number of anilines is 1. The van der Waals surface area contributed by atoms with Gasteiger partial charge < -0.3 is 10.2 Å². The van der Waals surface area contributed by atoms with Gasteiger partial charge >= 0.3 is 0 Å². The Hall–Kier alpha value is -1.09. The molecular formula is C18H27FN2. The second kappa shape index (κ2) is 5.96. The molecule has 1 heterocycles. The molecule has 2 unspecified atom stereocenters. The number of likely N-dealkylation sites (tertiary alicyclic amines) is 1. The molecule has 0 aromatic heterocycles. The van der Waals surface area contributed by atoms with Gasteiger partial charge in [-0.25, -0.2) is 4.39 Å². The van der Waals surface area contributed by atoms with Crippen LogP contribution in [0.1, 0.15) is 38.7 Å². The molecule has 2 aliphatic rings. The highest BCUT2D eigenvalue weighted by atomic mass is 19.1. The summed E-state index contributed by atoms with van der Waals surface area (Å²) in [6.07, 6.45) is 4.00. The highest BCUT2D eigenvalue weighted by Crippen LogP contribution is 2.37. The van der Waals surface area contributed by atoms with E-state index in [0.717, 1.165) is 23.1 Å². The summed E-state index contributed by atoms with van der Waals surface area (Å²) in [6, 6.07) is 6.60. The molecule has 3 heteroatoms. The lowest BCUT2D eigenvalue weighted by Gasteiger charge is -2.49. The summed E-state index contributed by atoms with van der Waals surface area (Å²) in [6.45, 7) is 8.83. The fourth-order valence-corrected chi connectivity index (χ4v) is 4.06. The fourth-order valence-electron chi connectivity index (χ4n) is 4.06. The molecule has 1 aromatic carbocycles. The lowest BCUT2D eigenvalue weighted by molar-refractivity contribution is 0.0518. The Labute approximate surface area is 127 Å². The Morgan fingerprint density at radius 1 is 1.19 bits per heavy atom. The van der Waals surface area contributed by atoms with Crippen molar-refractivity contribution < 1.29 is 4.39 Å². The number of hydrogen-bond acceptors (Lipinski definition) is 2. The van der Waals surface area contributed by atoms with Gasteiger partial charge in [0.15, 0.2) is 0 Å². The number of nitrogens with one attached hydrogen (secondary N) is 1. The summed E-state index contributed by atoms with van der Waals surface area (Å²) in [5.41, 5.74) is 1.80. The number of benzene rings is 1. The van der Waals surface area contributed by atoms with Gasteiger partial charge in [-0.2, -0.15) is 0 Å². The molecule has 1 saturated carbocycles. The zero-order valence-electron chi connectivity index (χ0n) is 13.4. The number of hydrogen-bond donors (Lipinski definition) is 1. The zero-order valence-corrected chi connectivity index (χ0v) is 13.4. The largest absolute Gasteiger partial charge is 0.382 e. The molecule has 2 fully saturated rings. The van der Waals surface area contributed by atoms with Crippen LogP contribution in [0.4, 0.5) is 10.1 Å². The predicted octanol–water partition coefficient (Wildman–Crippen LogP) is 4.05. The maximum atomic E-state index is 13.4. The van der Waals surface area contributed by atoms with E-state index in [1.54, 1.807) is 6.07 Å². The molecular weight excluding hydrogens is 263 g/mol. The van der Waals surface area contributed by atoms with Gasteiger partial charge in [0.2, 0.25) is 0 Å². The molecule has 2 atom stereocenters. The van der Waals surface area contributed by atoms with Crippen molar-refractivity contribution in [2.24, 2.45) is 11.8 Å². The van der Waals surface area contributed by atoms with E-state index in [4.69, 9.17) is 0 Å². The van der Waals surface area contributed by atoms with Gasteiger partial charge in [-0.1, -0.05) is 6.42 Å². The normalized spacial score (nSPS) is 29.7. The highest BCUT2D eigenvalue weighted by molar-refractivity contribution is 5.47. The fraction of sp³-hybridized carbons (Fsp3) is 0.667. The molecule has 0 spiro atoms. The average Bonchev–Trinajstić information content (AvgIpc) is 2.42. The quantitative estimate of drug-likeness (QED) is 0.903. The number of piperidine rings is 1. The first kappa shape index (κ1) is 14.8. The summed E-state index contributed by atoms with van der Waals surface area (Å²) in [5.74, 6) is 1.34. The van der Waals surface area contributed by atoms with Gasteiger partial charge in [-0.15, -0.1) is 0 Å². The van der Waals surface area contributed by atoms with Crippen molar-refractivity contribution in [3.8, 4) is 0 Å². The van der Waals surface area contributed by atoms with E-state index in [9.17, 15) is 4.39 Å². The summed E-state index contributed by atoms with van der Waals surface area (Å²) >= 11 is 0. The minimum Gasteiger partial charge on any atom is -0.382 e. The Balaban J connectivity index is 1.74. The van der Waals surface area contributed by atoms with Crippen LogP contribution in [0.25, 0.3) is 0 Å². The van der Waals surface area contributed by atoms with Crippen LogP contribution in [0.3, 0.4) is 0 Å². The molecule has 116 valence electrons. The van der Waals surface area contributed by atoms with Gasteiger partial charge in [0.1, 0.15) is 5.82 Å². The van der Waals surface area contributed by atoms with Crippen LogP contribution in [-0.2, 0) is 0 Å². The van der Waals surface area contributed by atoms with Crippen LogP contribution in [-0.4, -0.2) is 30.1 Å². The number of aryl methyl sites for hydroxylation is 1. The standard InChI is InChI=1S/C18H27FN2/c1-12(2)21-10-14-5-4-6-15(11-21)18(14)20-16-7-8-17(19)13(3)9-16/h7-9,12,14-15,18,20H,4-6,10-11H2,1-3H3. The molecule has 21 heavy (non-hydrogen) atoms. The Bertz CT molecular complexity index is 486. The number of nitrogens with zero attached hydrogens (tertiary/aromatic N) is 1. The Kier molecular flexibility index (Phi) is 4.21. The molecule has 3 rings (SSSR count). The van der Waals surface area contributed by atoms with Crippen molar-refractivity contribution in [1.82, 2.24) is 4.90 Å². The van der Waals surface area contributed by atoms with Crippen LogP contribution in [0.15, 0.2) is 18.2 Å². The van der Waals surface area contributed by atoms with Crippen molar-refractivity contribution in [2.45, 2.75) is 52.1 Å². The maximum Gasteiger partial charge on any atom is 0.126 e.